The van der Waals surface area contributed by atoms with Gasteiger partial charge in [0.2, 0.25) is 0 Å². The number of nitrogens with zero attached hydrogens (tertiary/aromatic N) is 3. The fraction of sp³-hybridized carbons (Fsp3) is 0.654. The molecule has 1 N–H and O–H groups in total. The molecule has 4 aliphatic carbocycles. The quantitative estimate of drug-likeness (QED) is 0.376. The van der Waals surface area contributed by atoms with Gasteiger partial charge in [0, 0.05) is 6.07 Å². The summed E-state index contributed by atoms with van der Waals surface area (Å²) in [7, 11) is 0. The van der Waals surface area contributed by atoms with Crippen LogP contribution in [0.2, 0.25) is 0 Å². The molecule has 5 rings (SSSR count). The largest absolute Gasteiger partial charge is 0.301 e. The SMILES string of the molecule is CCC1CCC2C3CCC4=CC(=NNc5ccc([N+](=O)[O-])cc5[N+](=O)[O-])CCC4C3CCC12C. The molecule has 3 saturated carbocycles. The Hall–Kier alpha value is -2.77. The molecule has 0 saturated heterocycles. The van der Waals surface area contributed by atoms with Gasteiger partial charge in [-0.15, -0.1) is 0 Å². The Kier molecular flexibility index (Phi) is 5.94. The number of benzene rings is 1. The Bertz CT molecular complexity index is 1070. The van der Waals surface area contributed by atoms with E-state index < -0.39 is 9.85 Å². The maximum absolute atomic E-state index is 11.4. The number of nitrogens with one attached hydrogen (secondary N) is 1. The lowest BCUT2D eigenvalue weighted by atomic mass is 9.51. The van der Waals surface area contributed by atoms with Crippen molar-refractivity contribution in [2.24, 2.45) is 40.1 Å². The maximum atomic E-state index is 11.4. The molecule has 0 bridgehead atoms. The van der Waals surface area contributed by atoms with Gasteiger partial charge in [0.1, 0.15) is 5.69 Å². The van der Waals surface area contributed by atoms with Gasteiger partial charge in [-0.3, -0.25) is 25.7 Å². The number of hydrogen-bond donors (Lipinski definition) is 1. The van der Waals surface area contributed by atoms with Crippen LogP contribution in [0.1, 0.15) is 71.6 Å². The van der Waals surface area contributed by atoms with Gasteiger partial charge in [0.15, 0.2) is 0 Å². The molecule has 0 radical (unpaired) electrons. The van der Waals surface area contributed by atoms with Crippen LogP contribution in [0.5, 0.6) is 0 Å². The van der Waals surface area contributed by atoms with Crippen LogP contribution in [0.3, 0.4) is 0 Å². The first-order valence-electron chi connectivity index (χ1n) is 12.8. The van der Waals surface area contributed by atoms with Gasteiger partial charge in [-0.25, -0.2) is 0 Å². The second-order valence-electron chi connectivity index (χ2n) is 11.0. The Morgan fingerprint density at radius 3 is 2.62 bits per heavy atom. The second kappa shape index (κ2) is 8.78. The number of rotatable bonds is 5. The van der Waals surface area contributed by atoms with E-state index in [1.165, 1.54) is 56.2 Å². The van der Waals surface area contributed by atoms with Crippen molar-refractivity contribution in [1.29, 1.82) is 0 Å². The molecule has 0 amide bonds. The van der Waals surface area contributed by atoms with Crippen molar-refractivity contribution >= 4 is 22.8 Å². The lowest BCUT2D eigenvalue weighted by molar-refractivity contribution is -0.393. The van der Waals surface area contributed by atoms with Crippen LogP contribution < -0.4 is 5.43 Å². The highest BCUT2D eigenvalue weighted by molar-refractivity contribution is 5.97. The minimum absolute atomic E-state index is 0.172. The van der Waals surface area contributed by atoms with Gasteiger partial charge in [-0.05, 0) is 98.5 Å². The summed E-state index contributed by atoms with van der Waals surface area (Å²) in [5.74, 6) is 4.08. The molecule has 0 aromatic heterocycles. The van der Waals surface area contributed by atoms with Crippen molar-refractivity contribution in [3.8, 4) is 0 Å². The fourth-order valence-corrected chi connectivity index (χ4v) is 8.07. The minimum Gasteiger partial charge on any atom is -0.271 e. The predicted octanol–water partition coefficient (Wildman–Crippen LogP) is 6.87. The lowest BCUT2D eigenvalue weighted by Gasteiger charge is -2.54. The van der Waals surface area contributed by atoms with Crippen LogP contribution in [0.4, 0.5) is 17.1 Å². The summed E-state index contributed by atoms with van der Waals surface area (Å²) in [6.45, 7) is 4.95. The zero-order valence-corrected chi connectivity index (χ0v) is 20.0. The highest BCUT2D eigenvalue weighted by Crippen LogP contribution is 2.64. The van der Waals surface area contributed by atoms with Crippen LogP contribution in [-0.2, 0) is 0 Å². The van der Waals surface area contributed by atoms with E-state index in [1.807, 2.05) is 0 Å². The van der Waals surface area contributed by atoms with Crippen LogP contribution in [0.15, 0.2) is 34.9 Å². The summed E-state index contributed by atoms with van der Waals surface area (Å²) in [6.07, 6.45) is 13.4. The maximum Gasteiger partial charge on any atom is 0.301 e. The van der Waals surface area contributed by atoms with Crippen molar-refractivity contribution in [1.82, 2.24) is 0 Å². The average molecular weight is 467 g/mol. The summed E-state index contributed by atoms with van der Waals surface area (Å²) in [5, 5.41) is 26.8. The monoisotopic (exact) mass is 466 g/mol. The number of anilines is 1. The van der Waals surface area contributed by atoms with Gasteiger partial charge in [0.05, 0.1) is 21.6 Å². The van der Waals surface area contributed by atoms with E-state index in [1.54, 1.807) is 0 Å². The number of nitro groups is 2. The lowest BCUT2D eigenvalue weighted by Crippen LogP contribution is -2.46. The van der Waals surface area contributed by atoms with Gasteiger partial charge in [-0.1, -0.05) is 25.8 Å². The Morgan fingerprint density at radius 2 is 1.88 bits per heavy atom. The third-order valence-electron chi connectivity index (χ3n) is 9.71. The van der Waals surface area contributed by atoms with E-state index in [0.717, 1.165) is 54.7 Å². The zero-order chi connectivity index (χ0) is 24.0. The van der Waals surface area contributed by atoms with Crippen molar-refractivity contribution < 1.29 is 9.85 Å². The highest BCUT2D eigenvalue weighted by Gasteiger charge is 2.55. The molecule has 6 unspecified atom stereocenters. The number of hydrazone groups is 1. The van der Waals surface area contributed by atoms with E-state index in [4.69, 9.17) is 0 Å². The summed E-state index contributed by atoms with van der Waals surface area (Å²) in [6, 6.07) is 3.59. The third kappa shape index (κ3) is 3.81. The smallest absolute Gasteiger partial charge is 0.271 e. The molecule has 6 atom stereocenters. The average Bonchev–Trinajstić information content (AvgIpc) is 3.18. The molecular formula is C26H34N4O4. The van der Waals surface area contributed by atoms with Crippen LogP contribution in [0.25, 0.3) is 0 Å². The third-order valence-corrected chi connectivity index (χ3v) is 9.71. The zero-order valence-electron chi connectivity index (χ0n) is 20.0. The first-order chi connectivity index (χ1) is 16.3. The number of allylic oxidation sites excluding steroid dienone is 2. The molecule has 4 aliphatic rings. The summed E-state index contributed by atoms with van der Waals surface area (Å²) in [4.78, 5) is 21.1. The Balaban J connectivity index is 1.32. The molecule has 34 heavy (non-hydrogen) atoms. The van der Waals surface area contributed by atoms with Crippen LogP contribution in [-0.4, -0.2) is 15.6 Å². The highest BCUT2D eigenvalue weighted by atomic mass is 16.6. The van der Waals surface area contributed by atoms with Crippen molar-refractivity contribution in [3.63, 3.8) is 0 Å². The summed E-state index contributed by atoms with van der Waals surface area (Å²) in [5.41, 5.74) is 5.29. The molecule has 8 heteroatoms. The van der Waals surface area contributed by atoms with Crippen molar-refractivity contribution in [3.05, 3.63) is 50.1 Å². The van der Waals surface area contributed by atoms with E-state index in [0.29, 0.717) is 11.3 Å². The number of nitro benzene ring substituents is 2. The predicted molar refractivity (Wildman–Crippen MR) is 132 cm³/mol. The van der Waals surface area contributed by atoms with Crippen molar-refractivity contribution in [2.75, 3.05) is 5.43 Å². The number of hydrogen-bond acceptors (Lipinski definition) is 6. The molecule has 8 nitrogen and oxygen atoms in total. The van der Waals surface area contributed by atoms with Crippen LogP contribution in [0, 0.1) is 55.2 Å². The molecule has 3 fully saturated rings. The molecule has 182 valence electrons. The van der Waals surface area contributed by atoms with Gasteiger partial charge in [0.25, 0.3) is 5.69 Å². The minimum atomic E-state index is -0.632. The van der Waals surface area contributed by atoms with Gasteiger partial charge < -0.3 is 0 Å². The van der Waals surface area contributed by atoms with Gasteiger partial charge >= 0.3 is 5.69 Å². The van der Waals surface area contributed by atoms with E-state index in [2.05, 4.69) is 30.5 Å². The Labute approximate surface area is 200 Å². The molecule has 0 heterocycles. The number of fused-ring (bicyclic) bond motifs is 5. The Morgan fingerprint density at radius 1 is 1.06 bits per heavy atom. The van der Waals surface area contributed by atoms with Crippen LogP contribution >= 0.6 is 0 Å². The second-order valence-corrected chi connectivity index (χ2v) is 11.0. The molecule has 0 aliphatic heterocycles. The molecular weight excluding hydrogens is 432 g/mol. The summed E-state index contributed by atoms with van der Waals surface area (Å²) < 4.78 is 0. The van der Waals surface area contributed by atoms with Gasteiger partial charge in [-0.2, -0.15) is 5.10 Å². The molecule has 1 aromatic carbocycles. The normalized spacial score (nSPS) is 35.6. The van der Waals surface area contributed by atoms with Crippen molar-refractivity contribution in [2.45, 2.75) is 71.6 Å². The van der Waals surface area contributed by atoms with E-state index in [9.17, 15) is 20.2 Å². The summed E-state index contributed by atoms with van der Waals surface area (Å²) >= 11 is 0. The molecule has 0 spiro atoms. The fourth-order valence-electron chi connectivity index (χ4n) is 8.07. The first kappa shape index (κ1) is 23.0. The standard InChI is InChI=1S/C26H34N4O4/c1-3-17-5-10-23-22-8-4-16-14-18(6-9-20(16)21(22)12-13-26(17,23)2)27-28-24-11-7-19(29(31)32)15-25(24)30(33)34/h7,11,14-15,17,20-23,28H,3-6,8-10,12-13H2,1-2H3. The van der Waals surface area contributed by atoms with E-state index >= 15 is 0 Å². The van der Waals surface area contributed by atoms with E-state index in [-0.39, 0.29) is 17.1 Å². The first-order valence-corrected chi connectivity index (χ1v) is 12.8. The topological polar surface area (TPSA) is 111 Å². The number of non-ortho nitro benzene ring substituents is 1. The molecule has 1 aromatic rings.